The van der Waals surface area contributed by atoms with Gasteiger partial charge in [-0.05, 0) is 48.1 Å². The van der Waals surface area contributed by atoms with Gasteiger partial charge in [-0.25, -0.2) is 0 Å². The summed E-state index contributed by atoms with van der Waals surface area (Å²) in [4.78, 5) is 12.5. The van der Waals surface area contributed by atoms with Crippen molar-refractivity contribution < 1.29 is 9.53 Å². The summed E-state index contributed by atoms with van der Waals surface area (Å²) in [5.41, 5.74) is 2.36. The Morgan fingerprint density at radius 1 is 1.08 bits per heavy atom. The predicted octanol–water partition coefficient (Wildman–Crippen LogP) is 4.12. The lowest BCUT2D eigenvalue weighted by molar-refractivity contribution is -0.122. The van der Waals surface area contributed by atoms with Gasteiger partial charge in [0.25, 0.3) is 0 Å². The molecule has 0 aromatic heterocycles. The molecule has 24 heavy (non-hydrogen) atoms. The Morgan fingerprint density at radius 2 is 1.83 bits per heavy atom. The van der Waals surface area contributed by atoms with Crippen LogP contribution in [0.25, 0.3) is 0 Å². The molecule has 3 nitrogen and oxygen atoms in total. The van der Waals surface area contributed by atoms with Gasteiger partial charge in [-0.3, -0.25) is 4.79 Å². The molecule has 4 rings (SSSR count). The predicted molar refractivity (Wildman–Crippen MR) is 94.6 cm³/mol. The Bertz CT molecular complexity index is 758. The summed E-state index contributed by atoms with van der Waals surface area (Å²) in [6.45, 7) is 0. The van der Waals surface area contributed by atoms with Crippen molar-refractivity contribution in [3.63, 3.8) is 0 Å². The second-order valence-corrected chi connectivity index (χ2v) is 7.11. The van der Waals surface area contributed by atoms with Gasteiger partial charge in [-0.2, -0.15) is 0 Å². The zero-order valence-electron chi connectivity index (χ0n) is 13.5. The van der Waals surface area contributed by atoms with E-state index in [0.29, 0.717) is 11.8 Å². The van der Waals surface area contributed by atoms with Crippen molar-refractivity contribution in [3.05, 3.63) is 64.7 Å². The van der Waals surface area contributed by atoms with Gasteiger partial charge in [0.2, 0.25) is 5.91 Å². The van der Waals surface area contributed by atoms with E-state index in [1.165, 1.54) is 5.56 Å². The molecule has 1 N–H and O–H groups in total. The van der Waals surface area contributed by atoms with Crippen LogP contribution < -0.4 is 10.1 Å². The van der Waals surface area contributed by atoms with Crippen molar-refractivity contribution in [1.29, 1.82) is 0 Å². The van der Waals surface area contributed by atoms with Crippen LogP contribution >= 0.6 is 11.6 Å². The van der Waals surface area contributed by atoms with E-state index in [1.54, 1.807) is 7.11 Å². The Morgan fingerprint density at radius 3 is 2.54 bits per heavy atom. The van der Waals surface area contributed by atoms with Crippen molar-refractivity contribution in [2.75, 3.05) is 7.11 Å². The van der Waals surface area contributed by atoms with Crippen LogP contribution in [-0.2, 0) is 4.79 Å². The number of amides is 1. The molecule has 2 saturated carbocycles. The van der Waals surface area contributed by atoms with Crippen LogP contribution in [0.3, 0.4) is 0 Å². The van der Waals surface area contributed by atoms with E-state index < -0.39 is 0 Å². The molecule has 0 spiro atoms. The number of benzene rings is 2. The largest absolute Gasteiger partial charge is 0.497 e. The second kappa shape index (κ2) is 6.14. The van der Waals surface area contributed by atoms with E-state index >= 15 is 0 Å². The van der Waals surface area contributed by atoms with Gasteiger partial charge in [-0.1, -0.05) is 41.9 Å². The summed E-state index contributed by atoms with van der Waals surface area (Å²) in [5.74, 6) is 1.83. The fourth-order valence-corrected chi connectivity index (χ4v) is 3.74. The molecule has 2 aliphatic carbocycles. The van der Waals surface area contributed by atoms with Crippen molar-refractivity contribution in [1.82, 2.24) is 5.32 Å². The summed E-state index contributed by atoms with van der Waals surface area (Å²) in [5, 5.41) is 3.98. The number of nitrogens with one attached hydrogen (secondary N) is 1. The third kappa shape index (κ3) is 3.01. The molecule has 0 heterocycles. The Balaban J connectivity index is 1.33. The van der Waals surface area contributed by atoms with Gasteiger partial charge in [-0.15, -0.1) is 0 Å². The number of carbonyl (C=O) groups is 1. The lowest BCUT2D eigenvalue weighted by Crippen LogP contribution is -2.28. The van der Waals surface area contributed by atoms with Crippen LogP contribution in [0.1, 0.15) is 35.8 Å². The number of hydrogen-bond acceptors (Lipinski definition) is 2. The minimum atomic E-state index is 0.103. The van der Waals surface area contributed by atoms with Gasteiger partial charge in [0.15, 0.2) is 0 Å². The fourth-order valence-electron chi connectivity index (χ4n) is 3.47. The average molecular weight is 342 g/mol. The SMILES string of the molecule is COc1ccc([C@@H]2C[C@@H]2C(=O)N[C@H]2C[C@H]2c2ccccc2Cl)cc1. The molecule has 4 heteroatoms. The number of hydrogen-bond donors (Lipinski definition) is 1. The minimum Gasteiger partial charge on any atom is -0.497 e. The van der Waals surface area contributed by atoms with Crippen LogP contribution in [0, 0.1) is 5.92 Å². The minimum absolute atomic E-state index is 0.103. The van der Waals surface area contributed by atoms with Gasteiger partial charge in [0.05, 0.1) is 7.11 Å². The zero-order valence-corrected chi connectivity index (χ0v) is 14.3. The molecule has 0 aliphatic heterocycles. The molecule has 0 bridgehead atoms. The lowest BCUT2D eigenvalue weighted by atomic mass is 10.1. The first kappa shape index (κ1) is 15.5. The molecule has 2 aromatic carbocycles. The molecule has 1 amide bonds. The first-order valence-corrected chi connectivity index (χ1v) is 8.74. The fraction of sp³-hybridized carbons (Fsp3) is 0.350. The summed E-state index contributed by atoms with van der Waals surface area (Å²) >= 11 is 6.24. The number of rotatable bonds is 5. The Hall–Kier alpha value is -2.00. The molecular formula is C20H20ClNO2. The number of carbonyl (C=O) groups excluding carboxylic acids is 1. The molecule has 4 atom stereocenters. The highest BCUT2D eigenvalue weighted by Crippen LogP contribution is 2.49. The maximum atomic E-state index is 12.5. The number of ether oxygens (including phenoxy) is 1. The van der Waals surface area contributed by atoms with Crippen molar-refractivity contribution in [3.8, 4) is 5.75 Å². The van der Waals surface area contributed by atoms with Crippen LogP contribution in [0.15, 0.2) is 48.5 Å². The normalized spacial score (nSPS) is 27.4. The molecule has 2 aromatic rings. The van der Waals surface area contributed by atoms with Crippen molar-refractivity contribution >= 4 is 17.5 Å². The number of halogens is 1. The topological polar surface area (TPSA) is 38.3 Å². The highest BCUT2D eigenvalue weighted by atomic mass is 35.5. The summed E-state index contributed by atoms with van der Waals surface area (Å²) in [6, 6.07) is 16.2. The van der Waals surface area contributed by atoms with E-state index in [4.69, 9.17) is 16.3 Å². The second-order valence-electron chi connectivity index (χ2n) is 6.70. The Labute approximate surface area is 147 Å². The molecule has 124 valence electrons. The van der Waals surface area contributed by atoms with E-state index in [0.717, 1.165) is 29.2 Å². The van der Waals surface area contributed by atoms with E-state index in [9.17, 15) is 4.79 Å². The van der Waals surface area contributed by atoms with Gasteiger partial charge >= 0.3 is 0 Å². The van der Waals surface area contributed by atoms with Crippen LogP contribution in [0.4, 0.5) is 0 Å². The molecule has 0 unspecified atom stereocenters. The third-order valence-electron chi connectivity index (χ3n) is 5.09. The first-order chi connectivity index (χ1) is 11.7. The molecular weight excluding hydrogens is 322 g/mol. The van der Waals surface area contributed by atoms with Crippen molar-refractivity contribution in [2.24, 2.45) is 5.92 Å². The molecule has 2 aliphatic rings. The van der Waals surface area contributed by atoms with Crippen LogP contribution in [0.2, 0.25) is 5.02 Å². The summed E-state index contributed by atoms with van der Waals surface area (Å²) < 4.78 is 5.18. The molecule has 0 radical (unpaired) electrons. The Kier molecular flexibility index (Phi) is 3.97. The zero-order chi connectivity index (χ0) is 16.7. The summed E-state index contributed by atoms with van der Waals surface area (Å²) in [7, 11) is 1.66. The third-order valence-corrected chi connectivity index (χ3v) is 5.44. The average Bonchev–Trinajstić information content (AvgIpc) is 3.50. The first-order valence-electron chi connectivity index (χ1n) is 8.36. The van der Waals surface area contributed by atoms with Gasteiger partial charge < -0.3 is 10.1 Å². The van der Waals surface area contributed by atoms with Crippen LogP contribution in [-0.4, -0.2) is 19.1 Å². The summed E-state index contributed by atoms with van der Waals surface area (Å²) in [6.07, 6.45) is 1.91. The maximum Gasteiger partial charge on any atom is 0.223 e. The highest BCUT2D eigenvalue weighted by Gasteiger charge is 2.47. The van der Waals surface area contributed by atoms with Crippen LogP contribution in [0.5, 0.6) is 5.75 Å². The molecule has 2 fully saturated rings. The number of methoxy groups -OCH3 is 1. The monoisotopic (exact) mass is 341 g/mol. The van der Waals surface area contributed by atoms with Crippen molar-refractivity contribution in [2.45, 2.75) is 30.7 Å². The van der Waals surface area contributed by atoms with E-state index in [-0.39, 0.29) is 17.9 Å². The standard InChI is InChI=1S/C20H20ClNO2/c1-24-13-8-6-12(7-9-13)15-10-17(15)20(23)22-19-11-16(19)14-4-2-3-5-18(14)21/h2-9,15-17,19H,10-11H2,1H3,(H,22,23)/t15-,16-,17-,19-/m0/s1. The highest BCUT2D eigenvalue weighted by molar-refractivity contribution is 6.31. The quantitative estimate of drug-likeness (QED) is 0.888. The van der Waals surface area contributed by atoms with E-state index in [2.05, 4.69) is 23.5 Å². The van der Waals surface area contributed by atoms with Gasteiger partial charge in [0, 0.05) is 22.9 Å². The maximum absolute atomic E-state index is 12.5. The van der Waals surface area contributed by atoms with E-state index in [1.807, 2.05) is 30.3 Å². The van der Waals surface area contributed by atoms with Gasteiger partial charge in [0.1, 0.15) is 5.75 Å². The lowest BCUT2D eigenvalue weighted by Gasteiger charge is -2.06. The molecule has 0 saturated heterocycles. The smallest absolute Gasteiger partial charge is 0.223 e.